The smallest absolute Gasteiger partial charge is 0.0733 e. The van der Waals surface area contributed by atoms with Gasteiger partial charge in [-0.25, -0.2) is 4.98 Å². The molecule has 1 heterocycles. The highest BCUT2D eigenvalue weighted by Crippen LogP contribution is 2.28. The van der Waals surface area contributed by atoms with Crippen molar-refractivity contribution in [1.82, 2.24) is 4.98 Å². The second kappa shape index (κ2) is 3.20. The van der Waals surface area contributed by atoms with Crippen LogP contribution in [0.25, 0.3) is 21.8 Å². The number of anilines is 1. The molecular weight excluding hydrogens is 196 g/mol. The van der Waals surface area contributed by atoms with Gasteiger partial charge in [0, 0.05) is 16.5 Å². The highest BCUT2D eigenvalue weighted by atomic mass is 14.7. The number of nitrogen functional groups attached to an aromatic ring is 1. The monoisotopic (exact) mass is 208 g/mol. The standard InChI is InChI=1S/C14H12N2/c1-9-10-5-2-3-7-12(10)16-13-8-4-6-11(15)14(9)13/h2-8H,15H2,1H3. The number of rotatable bonds is 0. The van der Waals surface area contributed by atoms with E-state index in [0.717, 1.165) is 22.1 Å². The Balaban J connectivity index is 2.62. The quantitative estimate of drug-likeness (QED) is 0.455. The number of aryl methyl sites for hydroxylation is 1. The number of hydrogen-bond donors (Lipinski definition) is 1. The molecule has 2 nitrogen and oxygen atoms in total. The van der Waals surface area contributed by atoms with E-state index in [2.05, 4.69) is 18.0 Å². The van der Waals surface area contributed by atoms with Gasteiger partial charge in [0.25, 0.3) is 0 Å². The summed E-state index contributed by atoms with van der Waals surface area (Å²) < 4.78 is 0. The Bertz CT molecular complexity index is 687. The maximum Gasteiger partial charge on any atom is 0.0733 e. The van der Waals surface area contributed by atoms with Crippen molar-refractivity contribution < 1.29 is 0 Å². The molecule has 3 aromatic rings. The summed E-state index contributed by atoms with van der Waals surface area (Å²) >= 11 is 0. The molecule has 2 N–H and O–H groups in total. The van der Waals surface area contributed by atoms with Gasteiger partial charge in [-0.3, -0.25) is 0 Å². The number of pyridine rings is 1. The van der Waals surface area contributed by atoms with Gasteiger partial charge in [-0.05, 0) is 30.7 Å². The third kappa shape index (κ3) is 1.16. The van der Waals surface area contributed by atoms with E-state index in [4.69, 9.17) is 5.73 Å². The van der Waals surface area contributed by atoms with Crippen LogP contribution in [0.15, 0.2) is 42.5 Å². The molecule has 0 spiro atoms. The molecule has 16 heavy (non-hydrogen) atoms. The normalized spacial score (nSPS) is 11.1. The van der Waals surface area contributed by atoms with Crippen LogP contribution in [0.2, 0.25) is 0 Å². The Morgan fingerprint density at radius 3 is 2.56 bits per heavy atom. The first kappa shape index (κ1) is 9.16. The number of nitrogens with zero attached hydrogens (tertiary/aromatic N) is 1. The molecule has 78 valence electrons. The maximum absolute atomic E-state index is 6.01. The molecule has 0 aliphatic rings. The molecule has 0 amide bonds. The summed E-state index contributed by atoms with van der Waals surface area (Å²) in [5, 5.41) is 2.24. The van der Waals surface area contributed by atoms with Gasteiger partial charge in [0.05, 0.1) is 11.0 Å². The second-order valence-corrected chi connectivity index (χ2v) is 4.00. The molecule has 1 aromatic heterocycles. The van der Waals surface area contributed by atoms with E-state index in [1.807, 2.05) is 36.4 Å². The number of benzene rings is 2. The van der Waals surface area contributed by atoms with Gasteiger partial charge >= 0.3 is 0 Å². The van der Waals surface area contributed by atoms with E-state index < -0.39 is 0 Å². The molecule has 0 saturated heterocycles. The summed E-state index contributed by atoms with van der Waals surface area (Å²) in [5.41, 5.74) is 10.0. The van der Waals surface area contributed by atoms with Crippen LogP contribution in [0.1, 0.15) is 5.56 Å². The van der Waals surface area contributed by atoms with Crippen molar-refractivity contribution in [3.8, 4) is 0 Å². The molecule has 0 fully saturated rings. The first-order valence-corrected chi connectivity index (χ1v) is 5.31. The Morgan fingerprint density at radius 2 is 1.69 bits per heavy atom. The van der Waals surface area contributed by atoms with Crippen LogP contribution in [0.3, 0.4) is 0 Å². The lowest BCUT2D eigenvalue weighted by atomic mass is 10.0. The van der Waals surface area contributed by atoms with E-state index in [9.17, 15) is 0 Å². The first-order valence-electron chi connectivity index (χ1n) is 5.31. The molecule has 2 heteroatoms. The predicted molar refractivity (Wildman–Crippen MR) is 68.4 cm³/mol. The van der Waals surface area contributed by atoms with Gasteiger partial charge in [0.1, 0.15) is 0 Å². The van der Waals surface area contributed by atoms with Crippen LogP contribution in [0.5, 0.6) is 0 Å². The summed E-state index contributed by atoms with van der Waals surface area (Å²) in [7, 11) is 0. The number of fused-ring (bicyclic) bond motifs is 2. The minimum atomic E-state index is 0.799. The summed E-state index contributed by atoms with van der Waals surface area (Å²) in [4.78, 5) is 4.62. The van der Waals surface area contributed by atoms with Gasteiger partial charge in [0.2, 0.25) is 0 Å². The molecule has 0 bridgehead atoms. The van der Waals surface area contributed by atoms with Crippen molar-refractivity contribution in [2.24, 2.45) is 0 Å². The van der Waals surface area contributed by atoms with Crippen LogP contribution < -0.4 is 5.73 Å². The van der Waals surface area contributed by atoms with E-state index in [1.54, 1.807) is 0 Å². The van der Waals surface area contributed by atoms with Crippen LogP contribution in [0.4, 0.5) is 5.69 Å². The van der Waals surface area contributed by atoms with Gasteiger partial charge in [0.15, 0.2) is 0 Å². The maximum atomic E-state index is 6.01. The van der Waals surface area contributed by atoms with Crippen molar-refractivity contribution >= 4 is 27.5 Å². The summed E-state index contributed by atoms with van der Waals surface area (Å²) in [5.74, 6) is 0. The zero-order valence-electron chi connectivity index (χ0n) is 9.07. The average Bonchev–Trinajstić information content (AvgIpc) is 2.29. The van der Waals surface area contributed by atoms with E-state index in [-0.39, 0.29) is 0 Å². The van der Waals surface area contributed by atoms with E-state index in [0.29, 0.717) is 0 Å². The van der Waals surface area contributed by atoms with E-state index >= 15 is 0 Å². The van der Waals surface area contributed by atoms with Crippen molar-refractivity contribution in [2.45, 2.75) is 6.92 Å². The van der Waals surface area contributed by atoms with Gasteiger partial charge in [-0.15, -0.1) is 0 Å². The fourth-order valence-electron chi connectivity index (χ4n) is 2.21. The molecular formula is C14H12N2. The highest BCUT2D eigenvalue weighted by molar-refractivity contribution is 6.02. The number of aromatic nitrogens is 1. The molecule has 0 aliphatic carbocycles. The molecule has 2 aromatic carbocycles. The molecule has 0 saturated carbocycles. The number of para-hydroxylation sites is 1. The number of hydrogen-bond acceptors (Lipinski definition) is 2. The number of nitrogens with two attached hydrogens (primary N) is 1. The first-order chi connectivity index (χ1) is 7.77. The largest absolute Gasteiger partial charge is 0.398 e. The van der Waals surface area contributed by atoms with Crippen LogP contribution in [-0.4, -0.2) is 4.98 Å². The summed E-state index contributed by atoms with van der Waals surface area (Å²) in [6.45, 7) is 2.10. The molecule has 3 rings (SSSR count). The van der Waals surface area contributed by atoms with Crippen LogP contribution >= 0.6 is 0 Å². The Labute approximate surface area is 93.7 Å². The SMILES string of the molecule is Cc1c2ccccc2nc2cccc(N)c12. The lowest BCUT2D eigenvalue weighted by molar-refractivity contribution is 1.45. The zero-order valence-corrected chi connectivity index (χ0v) is 9.07. The van der Waals surface area contributed by atoms with E-state index in [1.165, 1.54) is 10.9 Å². The minimum Gasteiger partial charge on any atom is -0.398 e. The average molecular weight is 208 g/mol. The molecule has 0 atom stereocenters. The van der Waals surface area contributed by atoms with Gasteiger partial charge < -0.3 is 5.73 Å². The minimum absolute atomic E-state index is 0.799. The Kier molecular flexibility index (Phi) is 1.83. The molecule has 0 aliphatic heterocycles. The van der Waals surface area contributed by atoms with Gasteiger partial charge in [-0.2, -0.15) is 0 Å². The van der Waals surface area contributed by atoms with Crippen molar-refractivity contribution in [3.05, 3.63) is 48.0 Å². The predicted octanol–water partition coefficient (Wildman–Crippen LogP) is 3.28. The summed E-state index contributed by atoms with van der Waals surface area (Å²) in [6.07, 6.45) is 0. The third-order valence-electron chi connectivity index (χ3n) is 3.00. The van der Waals surface area contributed by atoms with Crippen LogP contribution in [0, 0.1) is 6.92 Å². The Morgan fingerprint density at radius 1 is 0.938 bits per heavy atom. The second-order valence-electron chi connectivity index (χ2n) is 4.00. The van der Waals surface area contributed by atoms with Crippen molar-refractivity contribution in [3.63, 3.8) is 0 Å². The highest BCUT2D eigenvalue weighted by Gasteiger charge is 2.06. The fourth-order valence-corrected chi connectivity index (χ4v) is 2.21. The zero-order chi connectivity index (χ0) is 11.1. The van der Waals surface area contributed by atoms with Crippen LogP contribution in [-0.2, 0) is 0 Å². The third-order valence-corrected chi connectivity index (χ3v) is 3.00. The fraction of sp³-hybridized carbons (Fsp3) is 0.0714. The van der Waals surface area contributed by atoms with Gasteiger partial charge in [-0.1, -0.05) is 24.3 Å². The lowest BCUT2D eigenvalue weighted by Crippen LogP contribution is -1.92. The summed E-state index contributed by atoms with van der Waals surface area (Å²) in [6, 6.07) is 14.0. The van der Waals surface area contributed by atoms with Crippen molar-refractivity contribution in [2.75, 3.05) is 5.73 Å². The Hall–Kier alpha value is -2.09. The molecule has 0 radical (unpaired) electrons. The topological polar surface area (TPSA) is 38.9 Å². The molecule has 0 unspecified atom stereocenters. The van der Waals surface area contributed by atoms with Crippen molar-refractivity contribution in [1.29, 1.82) is 0 Å². The lowest BCUT2D eigenvalue weighted by Gasteiger charge is -2.08.